The first kappa shape index (κ1) is 8.73. The average Bonchev–Trinajstić information content (AvgIpc) is 2.03. The largest absolute Gasteiger partial charge is 0.248 e. The van der Waals surface area contributed by atoms with E-state index in [4.69, 9.17) is 5.26 Å². The zero-order valence-electron chi connectivity index (χ0n) is 7.50. The van der Waals surface area contributed by atoms with Gasteiger partial charge in [-0.1, -0.05) is 13.8 Å². The van der Waals surface area contributed by atoms with Gasteiger partial charge in [-0.3, -0.25) is 0 Å². The second-order valence-electron chi connectivity index (χ2n) is 3.02. The van der Waals surface area contributed by atoms with Crippen molar-refractivity contribution in [1.29, 1.82) is 5.26 Å². The highest BCUT2D eigenvalue weighted by molar-refractivity contribution is 6.30. The predicted molar refractivity (Wildman–Crippen MR) is 49.0 cm³/mol. The van der Waals surface area contributed by atoms with Crippen molar-refractivity contribution in [3.05, 3.63) is 17.6 Å². The molecular formula is C8H10BN3. The van der Waals surface area contributed by atoms with Crippen molar-refractivity contribution in [3.63, 3.8) is 0 Å². The predicted octanol–water partition coefficient (Wildman–Crippen LogP) is -0.270. The molecule has 1 aromatic rings. The van der Waals surface area contributed by atoms with Gasteiger partial charge >= 0.3 is 0 Å². The van der Waals surface area contributed by atoms with E-state index < -0.39 is 0 Å². The molecule has 0 aliphatic rings. The highest BCUT2D eigenvalue weighted by Gasteiger charge is 2.04. The van der Waals surface area contributed by atoms with Gasteiger partial charge in [-0.15, -0.1) is 0 Å². The lowest BCUT2D eigenvalue weighted by molar-refractivity contribution is 0.776. The fourth-order valence-electron chi connectivity index (χ4n) is 0.907. The zero-order chi connectivity index (χ0) is 9.14. The van der Waals surface area contributed by atoms with Crippen LogP contribution in [0.2, 0.25) is 0 Å². The van der Waals surface area contributed by atoms with Crippen LogP contribution in [0.5, 0.6) is 0 Å². The number of nitrogens with zero attached hydrogens (tertiary/aromatic N) is 3. The molecule has 0 amide bonds. The maximum atomic E-state index is 8.63. The summed E-state index contributed by atoms with van der Waals surface area (Å²) in [7, 11) is 1.87. The van der Waals surface area contributed by atoms with Gasteiger partial charge in [0, 0.05) is 11.5 Å². The third kappa shape index (κ3) is 1.82. The van der Waals surface area contributed by atoms with Crippen molar-refractivity contribution in [2.75, 3.05) is 0 Å². The second kappa shape index (κ2) is 3.35. The van der Waals surface area contributed by atoms with Gasteiger partial charge in [-0.25, -0.2) is 9.97 Å². The standard InChI is InChI=1S/C8H10BN3/c1-5(2)8-11-6(4-10)3-7(9)12-8/h3,5H,9H2,1-2H3. The van der Waals surface area contributed by atoms with Gasteiger partial charge < -0.3 is 0 Å². The second-order valence-corrected chi connectivity index (χ2v) is 3.02. The van der Waals surface area contributed by atoms with E-state index in [9.17, 15) is 0 Å². The summed E-state index contributed by atoms with van der Waals surface area (Å²) in [6.45, 7) is 4.02. The van der Waals surface area contributed by atoms with Crippen LogP contribution < -0.4 is 5.59 Å². The van der Waals surface area contributed by atoms with Crippen molar-refractivity contribution in [3.8, 4) is 6.07 Å². The molecule has 0 aliphatic carbocycles. The maximum Gasteiger partial charge on any atom is 0.164 e. The van der Waals surface area contributed by atoms with Crippen LogP contribution in [0.4, 0.5) is 0 Å². The monoisotopic (exact) mass is 159 g/mol. The third-order valence-corrected chi connectivity index (χ3v) is 1.50. The van der Waals surface area contributed by atoms with Gasteiger partial charge in [0.05, 0.1) is 0 Å². The molecule has 0 saturated carbocycles. The Balaban J connectivity index is 3.17. The van der Waals surface area contributed by atoms with Gasteiger partial charge in [-0.2, -0.15) is 5.26 Å². The van der Waals surface area contributed by atoms with Crippen molar-refractivity contribution in [2.24, 2.45) is 0 Å². The number of hydrogen-bond donors (Lipinski definition) is 0. The van der Waals surface area contributed by atoms with Crippen molar-refractivity contribution >= 4 is 13.4 Å². The molecule has 3 nitrogen and oxygen atoms in total. The molecule has 0 atom stereocenters. The van der Waals surface area contributed by atoms with Gasteiger partial charge in [0.15, 0.2) is 7.85 Å². The molecule has 12 heavy (non-hydrogen) atoms. The Morgan fingerprint density at radius 3 is 2.67 bits per heavy atom. The topological polar surface area (TPSA) is 49.6 Å². The molecule has 0 spiro atoms. The van der Waals surface area contributed by atoms with Crippen LogP contribution >= 0.6 is 0 Å². The molecule has 0 aliphatic heterocycles. The summed E-state index contributed by atoms with van der Waals surface area (Å²) < 4.78 is 0. The van der Waals surface area contributed by atoms with Crippen LogP contribution in [-0.4, -0.2) is 17.8 Å². The summed E-state index contributed by atoms with van der Waals surface area (Å²) in [6.07, 6.45) is 0. The number of aromatic nitrogens is 2. The van der Waals surface area contributed by atoms with Gasteiger partial charge in [0.25, 0.3) is 0 Å². The molecule has 0 bridgehead atoms. The molecule has 0 N–H and O–H groups in total. The molecule has 0 aromatic carbocycles. The molecule has 0 fully saturated rings. The number of hydrogen-bond acceptors (Lipinski definition) is 3. The molecule has 60 valence electrons. The van der Waals surface area contributed by atoms with E-state index in [0.29, 0.717) is 5.69 Å². The minimum absolute atomic E-state index is 0.275. The van der Waals surface area contributed by atoms with Crippen LogP contribution in [0.25, 0.3) is 0 Å². The van der Waals surface area contributed by atoms with E-state index in [1.807, 2.05) is 27.8 Å². The third-order valence-electron chi connectivity index (χ3n) is 1.50. The quantitative estimate of drug-likeness (QED) is 0.530. The van der Waals surface area contributed by atoms with E-state index in [0.717, 1.165) is 11.4 Å². The minimum Gasteiger partial charge on any atom is -0.248 e. The summed E-state index contributed by atoms with van der Waals surface area (Å²) in [4.78, 5) is 8.30. The van der Waals surface area contributed by atoms with Gasteiger partial charge in [0.2, 0.25) is 0 Å². The molecule has 1 rings (SSSR count). The lowest BCUT2D eigenvalue weighted by atomic mass is 10.0. The Morgan fingerprint density at radius 1 is 1.50 bits per heavy atom. The van der Waals surface area contributed by atoms with Crippen molar-refractivity contribution in [1.82, 2.24) is 9.97 Å². The highest BCUT2D eigenvalue weighted by Crippen LogP contribution is 2.06. The Bertz CT molecular complexity index is 328. The molecule has 1 heterocycles. The first-order chi connectivity index (χ1) is 5.63. The van der Waals surface area contributed by atoms with Crippen LogP contribution in [0, 0.1) is 11.3 Å². The minimum atomic E-state index is 0.275. The molecule has 0 unspecified atom stereocenters. The fraction of sp³-hybridized carbons (Fsp3) is 0.375. The fourth-order valence-corrected chi connectivity index (χ4v) is 0.907. The summed E-state index contributed by atoms with van der Waals surface area (Å²) in [6, 6.07) is 3.70. The van der Waals surface area contributed by atoms with E-state index >= 15 is 0 Å². The van der Waals surface area contributed by atoms with Crippen molar-refractivity contribution < 1.29 is 0 Å². The molecule has 1 aromatic heterocycles. The van der Waals surface area contributed by atoms with Crippen LogP contribution in [0.15, 0.2) is 6.07 Å². The maximum absolute atomic E-state index is 8.63. The Morgan fingerprint density at radius 2 is 2.17 bits per heavy atom. The SMILES string of the molecule is Bc1cc(C#N)nc(C(C)C)n1. The van der Waals surface area contributed by atoms with E-state index in [1.165, 1.54) is 0 Å². The first-order valence-electron chi connectivity index (χ1n) is 3.89. The lowest BCUT2D eigenvalue weighted by Crippen LogP contribution is -2.14. The van der Waals surface area contributed by atoms with Crippen molar-refractivity contribution in [2.45, 2.75) is 19.8 Å². The highest BCUT2D eigenvalue weighted by atomic mass is 14.9. The molecule has 4 heteroatoms. The number of rotatable bonds is 1. The molecule has 0 saturated heterocycles. The summed E-state index contributed by atoms with van der Waals surface area (Å²) in [5.41, 5.74) is 1.30. The smallest absolute Gasteiger partial charge is 0.164 e. The average molecular weight is 159 g/mol. The Hall–Kier alpha value is -1.37. The van der Waals surface area contributed by atoms with E-state index in [-0.39, 0.29) is 5.92 Å². The lowest BCUT2D eigenvalue weighted by Gasteiger charge is -2.03. The van der Waals surface area contributed by atoms with Crippen LogP contribution in [0.1, 0.15) is 31.3 Å². The Kier molecular flexibility index (Phi) is 2.44. The molecular weight excluding hydrogens is 149 g/mol. The zero-order valence-corrected chi connectivity index (χ0v) is 7.50. The Labute approximate surface area is 72.9 Å². The first-order valence-corrected chi connectivity index (χ1v) is 3.89. The number of nitriles is 1. The van der Waals surface area contributed by atoms with Crippen LogP contribution in [0.3, 0.4) is 0 Å². The summed E-state index contributed by atoms with van der Waals surface area (Å²) in [5.74, 6) is 1.02. The van der Waals surface area contributed by atoms with Gasteiger partial charge in [-0.05, 0) is 6.07 Å². The van der Waals surface area contributed by atoms with E-state index in [2.05, 4.69) is 9.97 Å². The summed E-state index contributed by atoms with van der Waals surface area (Å²) >= 11 is 0. The summed E-state index contributed by atoms with van der Waals surface area (Å²) in [5, 5.41) is 8.63. The van der Waals surface area contributed by atoms with E-state index in [1.54, 1.807) is 6.07 Å². The van der Waals surface area contributed by atoms with Crippen LogP contribution in [-0.2, 0) is 0 Å². The normalized spacial score (nSPS) is 9.83. The molecule has 0 radical (unpaired) electrons. The van der Waals surface area contributed by atoms with Gasteiger partial charge in [0.1, 0.15) is 17.6 Å².